The van der Waals surface area contributed by atoms with E-state index in [0.29, 0.717) is 17.4 Å². The van der Waals surface area contributed by atoms with Crippen LogP contribution >= 0.6 is 0 Å². The zero-order valence-corrected chi connectivity index (χ0v) is 32.0. The van der Waals surface area contributed by atoms with Crippen LogP contribution in [0.5, 0.6) is 0 Å². The van der Waals surface area contributed by atoms with E-state index in [1.54, 1.807) is 12.3 Å². The van der Waals surface area contributed by atoms with Gasteiger partial charge in [-0.25, -0.2) is 4.39 Å². The Morgan fingerprint density at radius 3 is 2.16 bits per heavy atom. The van der Waals surface area contributed by atoms with Gasteiger partial charge in [0.15, 0.2) is 11.4 Å². The molecule has 0 N–H and O–H groups in total. The second-order valence-corrected chi connectivity index (χ2v) is 13.4. The predicted octanol–water partition coefficient (Wildman–Crippen LogP) is 12.4. The van der Waals surface area contributed by atoms with E-state index in [9.17, 15) is 4.39 Å². The molecule has 1 radical (unpaired) electrons. The fraction of sp³-hybridized carbons (Fsp3) is 0.200. The SMILES string of the molecule is CC(C)c1cccc(C(C)C)c1-n1c(-c2[c-]ccc3c2oc2c(F)cccc23)nc2ccccc21.[2H]C(C)(C)c1ccnc(-c2[c-]cccc2)c1.[Ir]. The van der Waals surface area contributed by atoms with Gasteiger partial charge in [-0.2, -0.15) is 0 Å². The van der Waals surface area contributed by atoms with E-state index < -0.39 is 5.89 Å². The van der Waals surface area contributed by atoms with Crippen molar-refractivity contribution >= 4 is 33.0 Å². The molecule has 0 unspecified atom stereocenters. The molecular formula is C45H40FIrN3O-2. The average Bonchev–Trinajstić information content (AvgIpc) is 3.71. The molecule has 0 aliphatic rings. The van der Waals surface area contributed by atoms with Crippen molar-refractivity contribution in [1.29, 1.82) is 0 Å². The third kappa shape index (κ3) is 6.91. The summed E-state index contributed by atoms with van der Waals surface area (Å²) in [4.78, 5) is 9.39. The van der Waals surface area contributed by atoms with Gasteiger partial charge in [0.25, 0.3) is 0 Å². The van der Waals surface area contributed by atoms with Crippen molar-refractivity contribution in [3.8, 4) is 28.3 Å². The second kappa shape index (κ2) is 15.1. The number of aromatic nitrogens is 3. The van der Waals surface area contributed by atoms with Crippen molar-refractivity contribution < 1.29 is 30.3 Å². The Hall–Kier alpha value is -4.90. The molecule has 0 saturated heterocycles. The Balaban J connectivity index is 0.000000230. The average molecular weight is 851 g/mol. The van der Waals surface area contributed by atoms with Crippen molar-refractivity contribution in [2.24, 2.45) is 0 Å². The van der Waals surface area contributed by atoms with Crippen LogP contribution in [-0.2, 0) is 20.1 Å². The molecule has 0 bridgehead atoms. The van der Waals surface area contributed by atoms with Gasteiger partial charge in [-0.1, -0.05) is 107 Å². The van der Waals surface area contributed by atoms with E-state index in [0.717, 1.165) is 55.7 Å². The third-order valence-electron chi connectivity index (χ3n) is 9.08. The summed E-state index contributed by atoms with van der Waals surface area (Å²) in [6.07, 6.45) is 1.75. The first-order valence-electron chi connectivity index (χ1n) is 17.6. The molecule has 0 aliphatic carbocycles. The van der Waals surface area contributed by atoms with Gasteiger partial charge in [0.05, 0.1) is 22.4 Å². The van der Waals surface area contributed by atoms with Crippen LogP contribution in [0.1, 0.15) is 77.3 Å². The number of rotatable bonds is 6. The molecule has 51 heavy (non-hydrogen) atoms. The molecule has 0 atom stereocenters. The molecule has 8 rings (SSSR count). The molecule has 259 valence electrons. The predicted molar refractivity (Wildman–Crippen MR) is 203 cm³/mol. The Morgan fingerprint density at radius 1 is 0.745 bits per heavy atom. The second-order valence-electron chi connectivity index (χ2n) is 13.4. The summed E-state index contributed by atoms with van der Waals surface area (Å²) in [5, 5.41) is 1.61. The van der Waals surface area contributed by atoms with Crippen LogP contribution in [0.3, 0.4) is 0 Å². The van der Waals surface area contributed by atoms with E-state index in [-0.39, 0.29) is 31.5 Å². The number of pyridine rings is 1. The van der Waals surface area contributed by atoms with Gasteiger partial charge in [0.1, 0.15) is 0 Å². The molecular weight excluding hydrogens is 810 g/mol. The largest absolute Gasteiger partial charge is 0.497 e. The van der Waals surface area contributed by atoms with Crippen LogP contribution in [0.15, 0.2) is 120 Å². The molecule has 3 heterocycles. The number of hydrogen-bond acceptors (Lipinski definition) is 3. The van der Waals surface area contributed by atoms with Gasteiger partial charge in [0.2, 0.25) is 0 Å². The Labute approximate surface area is 314 Å². The normalized spacial score (nSPS) is 11.9. The van der Waals surface area contributed by atoms with E-state index in [1.807, 2.05) is 86.6 Å². The van der Waals surface area contributed by atoms with E-state index >= 15 is 0 Å². The third-order valence-corrected chi connectivity index (χ3v) is 9.08. The summed E-state index contributed by atoms with van der Waals surface area (Å²) in [6, 6.07) is 41.7. The van der Waals surface area contributed by atoms with E-state index in [4.69, 9.17) is 10.8 Å². The van der Waals surface area contributed by atoms with Crippen LogP contribution in [0, 0.1) is 17.9 Å². The van der Waals surface area contributed by atoms with E-state index in [2.05, 4.69) is 73.6 Å². The van der Waals surface area contributed by atoms with Crippen LogP contribution < -0.4 is 0 Å². The Morgan fingerprint density at radius 2 is 1.45 bits per heavy atom. The number of nitrogens with zero attached hydrogens (tertiary/aromatic N) is 3. The van der Waals surface area contributed by atoms with Crippen LogP contribution in [-0.4, -0.2) is 14.5 Å². The van der Waals surface area contributed by atoms with E-state index in [1.165, 1.54) is 17.2 Å². The quantitative estimate of drug-likeness (QED) is 0.157. The van der Waals surface area contributed by atoms with Crippen molar-refractivity contribution in [2.75, 3.05) is 0 Å². The van der Waals surface area contributed by atoms with Crippen molar-refractivity contribution in [1.82, 2.24) is 14.5 Å². The number of furan rings is 1. The summed E-state index contributed by atoms with van der Waals surface area (Å²) in [7, 11) is 0. The standard InChI is InChI=1S/C31H26FN2O.C14H14N.Ir/c1-18(2)20-10-7-11-21(19(3)4)28(20)34-27-17-6-5-16-26(27)33-31(34)24-14-8-12-22-23-13-9-15-25(32)30(23)35-29(22)24;1-11(2)13-8-9-15-14(10-13)12-6-4-3-5-7-12;/h5-13,15-19H,1-4H3;3-6,8-11H,1-2H3;/q2*-1;/i;11D;. The fourth-order valence-electron chi connectivity index (χ4n) is 6.53. The summed E-state index contributed by atoms with van der Waals surface area (Å²) >= 11 is 0. The molecule has 6 heteroatoms. The Kier molecular flexibility index (Phi) is 10.3. The molecule has 0 fully saturated rings. The minimum absolute atomic E-state index is 0. The first-order chi connectivity index (χ1) is 24.5. The number of para-hydroxylation sites is 4. The van der Waals surface area contributed by atoms with Crippen LogP contribution in [0.2, 0.25) is 0 Å². The maximum Gasteiger partial charge on any atom is 0.165 e. The summed E-state index contributed by atoms with van der Waals surface area (Å²) in [5.41, 5.74) is 9.95. The zero-order chi connectivity index (χ0) is 35.9. The summed E-state index contributed by atoms with van der Waals surface area (Å²) in [6.45, 7) is 12.6. The van der Waals surface area contributed by atoms with Gasteiger partial charge < -0.3 is 14.0 Å². The van der Waals surface area contributed by atoms with Gasteiger partial charge >= 0.3 is 0 Å². The minimum Gasteiger partial charge on any atom is -0.497 e. The number of halogens is 1. The first kappa shape index (κ1) is 34.5. The minimum atomic E-state index is -0.591. The van der Waals surface area contributed by atoms with Gasteiger partial charge in [-0.3, -0.25) is 4.98 Å². The summed E-state index contributed by atoms with van der Waals surface area (Å²) < 4.78 is 31.0. The van der Waals surface area contributed by atoms with Crippen LogP contribution in [0.4, 0.5) is 4.39 Å². The van der Waals surface area contributed by atoms with Gasteiger partial charge in [0, 0.05) is 38.7 Å². The molecule has 4 nitrogen and oxygen atoms in total. The number of hydrogen-bond donors (Lipinski definition) is 0. The maximum atomic E-state index is 14.6. The molecule has 0 aliphatic heterocycles. The maximum absolute atomic E-state index is 14.6. The number of benzene rings is 5. The molecule has 5 aromatic carbocycles. The molecule has 0 spiro atoms. The first-order valence-corrected chi connectivity index (χ1v) is 17.1. The number of fused-ring (bicyclic) bond motifs is 4. The smallest absolute Gasteiger partial charge is 0.165 e. The summed E-state index contributed by atoms with van der Waals surface area (Å²) in [5.74, 6) is 0.416. The topological polar surface area (TPSA) is 43.9 Å². The van der Waals surface area contributed by atoms with Crippen LogP contribution in [0.25, 0.3) is 61.3 Å². The molecule has 8 aromatic rings. The Bertz CT molecular complexity index is 2470. The van der Waals surface area contributed by atoms with Crippen molar-refractivity contribution in [3.63, 3.8) is 0 Å². The fourth-order valence-corrected chi connectivity index (χ4v) is 6.53. The number of imidazole rings is 1. The van der Waals surface area contributed by atoms with Crippen molar-refractivity contribution in [3.05, 3.63) is 150 Å². The molecule has 3 aromatic heterocycles. The van der Waals surface area contributed by atoms with Gasteiger partial charge in [-0.15, -0.1) is 54.1 Å². The van der Waals surface area contributed by atoms with Crippen molar-refractivity contribution in [2.45, 2.75) is 59.3 Å². The molecule has 0 saturated carbocycles. The monoisotopic (exact) mass is 851 g/mol. The zero-order valence-electron chi connectivity index (χ0n) is 30.6. The molecule has 0 amide bonds. The van der Waals surface area contributed by atoms with Gasteiger partial charge in [-0.05, 0) is 58.8 Å².